The monoisotopic (exact) mass is 273 g/mol. The van der Waals surface area contributed by atoms with E-state index in [9.17, 15) is 9.18 Å². The van der Waals surface area contributed by atoms with Crippen LogP contribution in [0.3, 0.4) is 0 Å². The van der Waals surface area contributed by atoms with Crippen molar-refractivity contribution in [3.63, 3.8) is 0 Å². The Morgan fingerprint density at radius 3 is 2.60 bits per heavy atom. The lowest BCUT2D eigenvalue weighted by Gasteiger charge is -2.18. The smallest absolute Gasteiger partial charge is 0.243 e. The summed E-state index contributed by atoms with van der Waals surface area (Å²) < 4.78 is 13.0. The maximum Gasteiger partial charge on any atom is 0.243 e. The van der Waals surface area contributed by atoms with Gasteiger partial charge in [-0.15, -0.1) is 0 Å². The molecule has 104 valence electrons. The van der Waals surface area contributed by atoms with Crippen LogP contribution in [0.25, 0.3) is 0 Å². The molecule has 0 unspecified atom stereocenters. The number of para-hydroxylation sites is 1. The van der Waals surface area contributed by atoms with E-state index in [-0.39, 0.29) is 18.1 Å². The van der Waals surface area contributed by atoms with Crippen LogP contribution in [0.5, 0.6) is 0 Å². The highest BCUT2D eigenvalue weighted by atomic mass is 19.1. The number of anilines is 3. The van der Waals surface area contributed by atoms with Crippen LogP contribution in [-0.2, 0) is 4.79 Å². The minimum Gasteiger partial charge on any atom is -0.396 e. The van der Waals surface area contributed by atoms with Crippen molar-refractivity contribution in [1.29, 1.82) is 0 Å². The molecule has 0 bridgehead atoms. The molecule has 0 radical (unpaired) electrons. The summed E-state index contributed by atoms with van der Waals surface area (Å²) in [5, 5.41) is 2.68. The second kappa shape index (κ2) is 6.06. The van der Waals surface area contributed by atoms with E-state index in [0.717, 1.165) is 5.69 Å². The van der Waals surface area contributed by atoms with Gasteiger partial charge in [-0.05, 0) is 30.3 Å². The molecule has 0 atom stereocenters. The third-order valence-electron chi connectivity index (χ3n) is 2.86. The molecule has 2 aromatic rings. The van der Waals surface area contributed by atoms with E-state index in [1.54, 1.807) is 0 Å². The van der Waals surface area contributed by atoms with E-state index in [0.29, 0.717) is 5.69 Å². The highest BCUT2D eigenvalue weighted by molar-refractivity contribution is 5.94. The first-order chi connectivity index (χ1) is 9.56. The van der Waals surface area contributed by atoms with Crippen LogP contribution >= 0.6 is 0 Å². The molecule has 0 aliphatic rings. The Morgan fingerprint density at radius 2 is 1.95 bits per heavy atom. The summed E-state index contributed by atoms with van der Waals surface area (Å²) in [4.78, 5) is 13.7. The van der Waals surface area contributed by atoms with E-state index < -0.39 is 5.82 Å². The average Bonchev–Trinajstić information content (AvgIpc) is 2.44. The molecule has 0 aromatic heterocycles. The quantitative estimate of drug-likeness (QED) is 0.841. The second-order valence-corrected chi connectivity index (χ2v) is 4.48. The molecule has 0 fully saturated rings. The maximum absolute atomic E-state index is 13.0. The normalized spacial score (nSPS) is 10.1. The van der Waals surface area contributed by atoms with Gasteiger partial charge >= 0.3 is 0 Å². The number of carbonyl (C=O) groups excluding carboxylic acids is 1. The van der Waals surface area contributed by atoms with Gasteiger partial charge in [-0.2, -0.15) is 0 Å². The van der Waals surface area contributed by atoms with Crippen LogP contribution in [0.2, 0.25) is 0 Å². The Bertz CT molecular complexity index is 601. The van der Waals surface area contributed by atoms with Crippen LogP contribution in [-0.4, -0.2) is 19.5 Å². The minimum absolute atomic E-state index is 0.0132. The van der Waals surface area contributed by atoms with Gasteiger partial charge in [-0.3, -0.25) is 4.79 Å². The third kappa shape index (κ3) is 3.47. The fourth-order valence-corrected chi connectivity index (χ4v) is 1.81. The zero-order chi connectivity index (χ0) is 14.5. The van der Waals surface area contributed by atoms with Crippen molar-refractivity contribution in [1.82, 2.24) is 0 Å². The number of nitrogen functional groups attached to an aromatic ring is 1. The summed E-state index contributed by atoms with van der Waals surface area (Å²) in [5.41, 5.74) is 6.89. The lowest BCUT2D eigenvalue weighted by molar-refractivity contribution is -0.114. The van der Waals surface area contributed by atoms with Crippen LogP contribution in [0, 0.1) is 5.82 Å². The van der Waals surface area contributed by atoms with Crippen LogP contribution in [0.1, 0.15) is 0 Å². The SMILES string of the molecule is CN(CC(=O)Nc1ccc(F)c(N)c1)c1ccccc1. The third-order valence-corrected chi connectivity index (χ3v) is 2.86. The maximum atomic E-state index is 13.0. The highest BCUT2D eigenvalue weighted by Crippen LogP contribution is 2.16. The number of nitrogens with one attached hydrogen (secondary N) is 1. The van der Waals surface area contributed by atoms with E-state index in [1.807, 2.05) is 42.3 Å². The van der Waals surface area contributed by atoms with Gasteiger partial charge in [0.25, 0.3) is 0 Å². The molecule has 20 heavy (non-hydrogen) atoms. The summed E-state index contributed by atoms with van der Waals surface area (Å²) in [7, 11) is 1.83. The van der Waals surface area contributed by atoms with E-state index in [2.05, 4.69) is 5.32 Å². The highest BCUT2D eigenvalue weighted by Gasteiger charge is 2.08. The van der Waals surface area contributed by atoms with Crippen molar-refractivity contribution in [3.8, 4) is 0 Å². The first-order valence-corrected chi connectivity index (χ1v) is 6.17. The number of benzene rings is 2. The zero-order valence-electron chi connectivity index (χ0n) is 11.1. The molecule has 2 rings (SSSR count). The molecule has 1 amide bonds. The summed E-state index contributed by atoms with van der Waals surface area (Å²) in [6.07, 6.45) is 0. The van der Waals surface area contributed by atoms with Gasteiger partial charge in [0.15, 0.2) is 0 Å². The van der Waals surface area contributed by atoms with Crippen molar-refractivity contribution in [2.45, 2.75) is 0 Å². The van der Waals surface area contributed by atoms with Gasteiger partial charge in [0.2, 0.25) is 5.91 Å². The standard InChI is InChI=1S/C15H16FN3O/c1-19(12-5-3-2-4-6-12)10-15(20)18-11-7-8-13(16)14(17)9-11/h2-9H,10,17H2,1H3,(H,18,20). The van der Waals surface area contributed by atoms with E-state index in [4.69, 9.17) is 5.73 Å². The van der Waals surface area contributed by atoms with Gasteiger partial charge < -0.3 is 16.0 Å². The topological polar surface area (TPSA) is 58.4 Å². The van der Waals surface area contributed by atoms with E-state index >= 15 is 0 Å². The number of nitrogens with zero attached hydrogens (tertiary/aromatic N) is 1. The number of hydrogen-bond donors (Lipinski definition) is 2. The average molecular weight is 273 g/mol. The Labute approximate surface area is 117 Å². The molecule has 0 heterocycles. The summed E-state index contributed by atoms with van der Waals surface area (Å²) >= 11 is 0. The molecular weight excluding hydrogens is 257 g/mol. The summed E-state index contributed by atoms with van der Waals surface area (Å²) in [6, 6.07) is 13.7. The van der Waals surface area contributed by atoms with E-state index in [1.165, 1.54) is 18.2 Å². The Morgan fingerprint density at radius 1 is 1.25 bits per heavy atom. The first-order valence-electron chi connectivity index (χ1n) is 6.17. The minimum atomic E-state index is -0.496. The molecule has 0 saturated heterocycles. The van der Waals surface area contributed by atoms with Crippen molar-refractivity contribution in [3.05, 3.63) is 54.3 Å². The molecule has 5 heteroatoms. The second-order valence-electron chi connectivity index (χ2n) is 4.48. The number of nitrogens with two attached hydrogens (primary N) is 1. The van der Waals surface area contributed by atoms with Crippen LogP contribution in [0.15, 0.2) is 48.5 Å². The number of hydrogen-bond acceptors (Lipinski definition) is 3. The van der Waals surface area contributed by atoms with Crippen LogP contribution < -0.4 is 16.0 Å². The number of amides is 1. The molecule has 4 nitrogen and oxygen atoms in total. The van der Waals surface area contributed by atoms with Gasteiger partial charge in [0, 0.05) is 18.4 Å². The first kappa shape index (κ1) is 13.9. The summed E-state index contributed by atoms with van der Waals surface area (Å²) in [5.74, 6) is -0.688. The van der Waals surface area contributed by atoms with Crippen molar-refractivity contribution >= 4 is 23.0 Å². The molecule has 2 aromatic carbocycles. The fraction of sp³-hybridized carbons (Fsp3) is 0.133. The molecule has 3 N–H and O–H groups in total. The molecular formula is C15H16FN3O. The van der Waals surface area contributed by atoms with Gasteiger partial charge in [0.1, 0.15) is 5.82 Å². The van der Waals surface area contributed by atoms with Gasteiger partial charge in [-0.1, -0.05) is 18.2 Å². The van der Waals surface area contributed by atoms with Crippen molar-refractivity contribution in [2.75, 3.05) is 29.5 Å². The fourth-order valence-electron chi connectivity index (χ4n) is 1.81. The summed E-state index contributed by atoms with van der Waals surface area (Å²) in [6.45, 7) is 0.196. The lowest BCUT2D eigenvalue weighted by atomic mass is 10.2. The number of likely N-dealkylation sites (N-methyl/N-ethyl adjacent to an activating group) is 1. The predicted octanol–water partition coefficient (Wildman–Crippen LogP) is 2.48. The number of rotatable bonds is 4. The number of halogens is 1. The largest absolute Gasteiger partial charge is 0.396 e. The van der Waals surface area contributed by atoms with Gasteiger partial charge in [-0.25, -0.2) is 4.39 Å². The molecule has 0 aliphatic carbocycles. The predicted molar refractivity (Wildman–Crippen MR) is 79.2 cm³/mol. The number of carbonyl (C=O) groups is 1. The Balaban J connectivity index is 1.97. The Hall–Kier alpha value is -2.56. The Kier molecular flexibility index (Phi) is 4.20. The van der Waals surface area contributed by atoms with Crippen molar-refractivity contribution < 1.29 is 9.18 Å². The molecule has 0 aliphatic heterocycles. The van der Waals surface area contributed by atoms with Crippen LogP contribution in [0.4, 0.5) is 21.5 Å². The molecule has 0 saturated carbocycles. The zero-order valence-corrected chi connectivity index (χ0v) is 11.1. The van der Waals surface area contributed by atoms with Crippen molar-refractivity contribution in [2.24, 2.45) is 0 Å². The molecule has 0 spiro atoms. The lowest BCUT2D eigenvalue weighted by Crippen LogP contribution is -2.30. The van der Waals surface area contributed by atoms with Gasteiger partial charge in [0.05, 0.1) is 12.2 Å².